The third kappa shape index (κ3) is 2.12. The van der Waals surface area contributed by atoms with Gasteiger partial charge in [-0.15, -0.1) is 0 Å². The van der Waals surface area contributed by atoms with Crippen molar-refractivity contribution >= 4 is 17.5 Å². The van der Waals surface area contributed by atoms with Crippen LogP contribution in [0.5, 0.6) is 0 Å². The molecule has 0 aliphatic carbocycles. The smallest absolute Gasteiger partial charge is 0.180 e. The van der Waals surface area contributed by atoms with Gasteiger partial charge in [0.1, 0.15) is 12.0 Å². The third-order valence-electron chi connectivity index (χ3n) is 2.21. The lowest BCUT2D eigenvalue weighted by Gasteiger charge is -2.18. The van der Waals surface area contributed by atoms with Crippen LogP contribution < -0.4 is 0 Å². The highest BCUT2D eigenvalue weighted by Gasteiger charge is 2.23. The Bertz CT molecular complexity index is 284. The highest BCUT2D eigenvalue weighted by molar-refractivity contribution is 7.99. The van der Waals surface area contributed by atoms with Crippen LogP contribution in [0.1, 0.15) is 12.1 Å². The van der Waals surface area contributed by atoms with Gasteiger partial charge in [0.05, 0.1) is 5.69 Å². The number of carbonyl (C=O) groups excluding carboxylic acids is 1. The zero-order chi connectivity index (χ0) is 9.10. The molecule has 1 aromatic heterocycles. The van der Waals surface area contributed by atoms with Gasteiger partial charge in [-0.1, -0.05) is 0 Å². The number of hydrogen-bond acceptors (Lipinski definition) is 4. The van der Waals surface area contributed by atoms with Gasteiger partial charge in [0.2, 0.25) is 0 Å². The maximum atomic E-state index is 11.4. The molecule has 1 aromatic rings. The molecule has 70 valence electrons. The quantitative estimate of drug-likeness (QED) is 0.721. The maximum Gasteiger partial charge on any atom is 0.180 e. The average molecular weight is 197 g/mol. The number of aromatic nitrogens is 1. The first kappa shape index (κ1) is 8.81. The van der Waals surface area contributed by atoms with Crippen LogP contribution in [-0.4, -0.2) is 22.3 Å². The summed E-state index contributed by atoms with van der Waals surface area (Å²) in [6.07, 6.45) is 4.48. The highest BCUT2D eigenvalue weighted by Crippen LogP contribution is 2.22. The zero-order valence-corrected chi connectivity index (χ0v) is 8.05. The van der Waals surface area contributed by atoms with E-state index in [0.717, 1.165) is 23.6 Å². The Kier molecular flexibility index (Phi) is 2.68. The van der Waals surface area contributed by atoms with Gasteiger partial charge in [0.15, 0.2) is 6.39 Å². The van der Waals surface area contributed by atoms with Crippen LogP contribution in [0.2, 0.25) is 0 Å². The Morgan fingerprint density at radius 3 is 3.31 bits per heavy atom. The highest BCUT2D eigenvalue weighted by atomic mass is 32.2. The summed E-state index contributed by atoms with van der Waals surface area (Å²) in [6, 6.07) is 0. The minimum absolute atomic E-state index is 0.156. The molecule has 1 unspecified atom stereocenters. The van der Waals surface area contributed by atoms with Crippen molar-refractivity contribution in [1.29, 1.82) is 0 Å². The van der Waals surface area contributed by atoms with Gasteiger partial charge in [0, 0.05) is 30.3 Å². The van der Waals surface area contributed by atoms with Crippen molar-refractivity contribution < 1.29 is 9.21 Å². The van der Waals surface area contributed by atoms with E-state index in [9.17, 15) is 4.79 Å². The van der Waals surface area contributed by atoms with Crippen molar-refractivity contribution in [2.24, 2.45) is 5.92 Å². The molecule has 0 aromatic carbocycles. The largest absolute Gasteiger partial charge is 0.451 e. The number of oxazole rings is 1. The zero-order valence-electron chi connectivity index (χ0n) is 7.23. The van der Waals surface area contributed by atoms with Gasteiger partial charge in [-0.3, -0.25) is 4.79 Å². The van der Waals surface area contributed by atoms with E-state index < -0.39 is 0 Å². The predicted octanol–water partition coefficient (Wildman–Crippen LogP) is 1.54. The first-order valence-corrected chi connectivity index (χ1v) is 5.49. The Morgan fingerprint density at radius 2 is 2.62 bits per heavy atom. The van der Waals surface area contributed by atoms with Crippen molar-refractivity contribution in [2.75, 3.05) is 11.5 Å². The van der Waals surface area contributed by atoms with Gasteiger partial charge in [0.25, 0.3) is 0 Å². The van der Waals surface area contributed by atoms with E-state index in [-0.39, 0.29) is 5.92 Å². The van der Waals surface area contributed by atoms with Crippen molar-refractivity contribution in [3.63, 3.8) is 0 Å². The molecule has 4 heteroatoms. The second kappa shape index (κ2) is 3.96. The monoisotopic (exact) mass is 197 g/mol. The Hall–Kier alpha value is -0.770. The number of hydrogen-bond donors (Lipinski definition) is 0. The molecule has 1 aliphatic rings. The molecular weight excluding hydrogens is 186 g/mol. The average Bonchev–Trinajstić information content (AvgIpc) is 2.61. The number of rotatable bonds is 2. The SMILES string of the molecule is O=C1CCSCC1Cc1cocn1. The predicted molar refractivity (Wildman–Crippen MR) is 50.6 cm³/mol. The summed E-state index contributed by atoms with van der Waals surface area (Å²) in [6.45, 7) is 0. The molecule has 0 saturated carbocycles. The minimum atomic E-state index is 0.156. The van der Waals surface area contributed by atoms with E-state index in [1.54, 1.807) is 6.26 Å². The van der Waals surface area contributed by atoms with Gasteiger partial charge in [-0.25, -0.2) is 4.98 Å². The van der Waals surface area contributed by atoms with Gasteiger partial charge < -0.3 is 4.42 Å². The molecule has 13 heavy (non-hydrogen) atoms. The molecule has 0 radical (unpaired) electrons. The lowest BCUT2D eigenvalue weighted by atomic mass is 9.98. The number of nitrogens with zero attached hydrogens (tertiary/aromatic N) is 1. The summed E-state index contributed by atoms with van der Waals surface area (Å²) in [5, 5.41) is 0. The molecule has 1 fully saturated rings. The molecule has 1 aliphatic heterocycles. The summed E-state index contributed by atoms with van der Waals surface area (Å²) in [5.74, 6) is 2.45. The van der Waals surface area contributed by atoms with Crippen molar-refractivity contribution in [3.8, 4) is 0 Å². The second-order valence-corrected chi connectivity index (χ2v) is 4.32. The summed E-state index contributed by atoms with van der Waals surface area (Å²) < 4.78 is 4.86. The van der Waals surface area contributed by atoms with E-state index in [0.29, 0.717) is 12.2 Å². The molecule has 0 spiro atoms. The molecule has 1 atom stereocenters. The summed E-state index contributed by atoms with van der Waals surface area (Å²) >= 11 is 1.85. The molecule has 3 nitrogen and oxygen atoms in total. The molecular formula is C9H11NO2S. The molecule has 0 amide bonds. The maximum absolute atomic E-state index is 11.4. The molecule has 0 bridgehead atoms. The van der Waals surface area contributed by atoms with Crippen LogP contribution in [0, 0.1) is 5.92 Å². The molecule has 0 N–H and O–H groups in total. The van der Waals surface area contributed by atoms with Crippen molar-refractivity contribution in [2.45, 2.75) is 12.8 Å². The van der Waals surface area contributed by atoms with Crippen molar-refractivity contribution in [1.82, 2.24) is 4.98 Å². The molecule has 1 saturated heterocycles. The van der Waals surface area contributed by atoms with Crippen LogP contribution in [-0.2, 0) is 11.2 Å². The normalized spacial score (nSPS) is 23.4. The van der Waals surface area contributed by atoms with E-state index in [4.69, 9.17) is 4.42 Å². The van der Waals surface area contributed by atoms with E-state index in [1.165, 1.54) is 6.39 Å². The first-order chi connectivity index (χ1) is 6.36. The van der Waals surface area contributed by atoms with Crippen LogP contribution in [0.3, 0.4) is 0 Å². The fourth-order valence-corrected chi connectivity index (χ4v) is 2.56. The fraction of sp³-hybridized carbons (Fsp3) is 0.556. The standard InChI is InChI=1S/C9H11NO2S/c11-9-1-2-13-5-7(9)3-8-4-12-6-10-8/h4,6-7H,1-3,5H2. The van der Waals surface area contributed by atoms with Crippen LogP contribution in [0.15, 0.2) is 17.1 Å². The second-order valence-electron chi connectivity index (χ2n) is 3.17. The van der Waals surface area contributed by atoms with Gasteiger partial charge in [-0.2, -0.15) is 11.8 Å². The minimum Gasteiger partial charge on any atom is -0.451 e. The van der Waals surface area contributed by atoms with E-state index >= 15 is 0 Å². The fourth-order valence-electron chi connectivity index (χ4n) is 1.46. The first-order valence-electron chi connectivity index (χ1n) is 4.34. The lowest BCUT2D eigenvalue weighted by molar-refractivity contribution is -0.122. The summed E-state index contributed by atoms with van der Waals surface area (Å²) in [5.41, 5.74) is 0.890. The Labute approximate surface area is 80.9 Å². The van der Waals surface area contributed by atoms with E-state index in [1.807, 2.05) is 11.8 Å². The number of carbonyl (C=O) groups is 1. The van der Waals surface area contributed by atoms with Crippen LogP contribution in [0.25, 0.3) is 0 Å². The Balaban J connectivity index is 1.97. The Morgan fingerprint density at radius 1 is 1.69 bits per heavy atom. The number of Topliss-reactive ketones (excluding diaryl/α,β-unsaturated/α-hetero) is 1. The summed E-state index contributed by atoms with van der Waals surface area (Å²) in [4.78, 5) is 15.5. The molecule has 2 rings (SSSR count). The molecule has 2 heterocycles. The van der Waals surface area contributed by atoms with Crippen LogP contribution >= 0.6 is 11.8 Å². The van der Waals surface area contributed by atoms with Crippen molar-refractivity contribution in [3.05, 3.63) is 18.4 Å². The summed E-state index contributed by atoms with van der Waals surface area (Å²) in [7, 11) is 0. The number of ketones is 1. The number of thioether (sulfide) groups is 1. The van der Waals surface area contributed by atoms with Gasteiger partial charge in [-0.05, 0) is 0 Å². The lowest BCUT2D eigenvalue weighted by Crippen LogP contribution is -2.24. The van der Waals surface area contributed by atoms with E-state index in [2.05, 4.69) is 4.98 Å². The topological polar surface area (TPSA) is 43.1 Å². The third-order valence-corrected chi connectivity index (χ3v) is 3.34. The van der Waals surface area contributed by atoms with Crippen LogP contribution in [0.4, 0.5) is 0 Å². The van der Waals surface area contributed by atoms with Gasteiger partial charge >= 0.3 is 0 Å².